The zero-order chi connectivity index (χ0) is 19.9. The number of fused-ring (bicyclic) bond motifs is 2. The third-order valence-electron chi connectivity index (χ3n) is 5.30. The lowest BCUT2D eigenvalue weighted by atomic mass is 9.79. The number of piperidine rings is 1. The van der Waals surface area contributed by atoms with Crippen LogP contribution in [0.15, 0.2) is 0 Å². The van der Waals surface area contributed by atoms with E-state index < -0.39 is 34.4 Å². The second kappa shape index (κ2) is 7.22. The summed E-state index contributed by atoms with van der Waals surface area (Å²) in [5.74, 6) is -0.890. The molecule has 13 heteroatoms. The molecule has 1 unspecified atom stereocenters. The Labute approximate surface area is 156 Å². The molecule has 3 aliphatic rings. The maximum atomic E-state index is 12.5. The lowest BCUT2D eigenvalue weighted by molar-refractivity contribution is -0.147. The summed E-state index contributed by atoms with van der Waals surface area (Å²) in [5, 5.41) is 4.79. The van der Waals surface area contributed by atoms with Crippen molar-refractivity contribution in [3.8, 4) is 0 Å². The first-order chi connectivity index (χ1) is 12.6. The maximum absolute atomic E-state index is 12.5. The average Bonchev–Trinajstić information content (AvgIpc) is 2.77. The number of hydrogen-bond donors (Lipinski definition) is 3. The molecule has 1 saturated carbocycles. The van der Waals surface area contributed by atoms with Gasteiger partial charge in [0.25, 0.3) is 5.91 Å². The summed E-state index contributed by atoms with van der Waals surface area (Å²) in [6, 6.07) is -1.95. The number of rotatable bonds is 5. The molecule has 3 fully saturated rings. The summed E-state index contributed by atoms with van der Waals surface area (Å²) < 4.78 is 34.9. The zero-order valence-corrected chi connectivity index (χ0v) is 15.8. The van der Waals surface area contributed by atoms with E-state index in [2.05, 4.69) is 15.0 Å². The monoisotopic (exact) mass is 405 g/mol. The second-order valence-corrected chi connectivity index (χ2v) is 8.04. The van der Waals surface area contributed by atoms with E-state index >= 15 is 0 Å². The van der Waals surface area contributed by atoms with Crippen molar-refractivity contribution in [1.29, 1.82) is 0 Å². The highest BCUT2D eigenvalue weighted by Gasteiger charge is 2.49. The summed E-state index contributed by atoms with van der Waals surface area (Å²) in [7, 11) is -1.55. The number of hydroxylamine groups is 2. The number of nitrogens with one attached hydrogen (secondary N) is 2. The maximum Gasteiger partial charge on any atom is 0.418 e. The van der Waals surface area contributed by atoms with Crippen LogP contribution in [-0.2, 0) is 24.3 Å². The van der Waals surface area contributed by atoms with Gasteiger partial charge >= 0.3 is 16.4 Å². The molecule has 4 amide bonds. The van der Waals surface area contributed by atoms with Gasteiger partial charge in [0.2, 0.25) is 5.91 Å². The van der Waals surface area contributed by atoms with Gasteiger partial charge in [0.1, 0.15) is 6.04 Å². The fourth-order valence-corrected chi connectivity index (χ4v) is 4.12. The van der Waals surface area contributed by atoms with Gasteiger partial charge in [-0.25, -0.2) is 4.79 Å². The van der Waals surface area contributed by atoms with Crippen molar-refractivity contribution < 1.29 is 31.6 Å². The molecule has 1 aliphatic carbocycles. The lowest BCUT2D eigenvalue weighted by Crippen LogP contribution is -2.57. The minimum atomic E-state index is -4.84. The molecule has 0 radical (unpaired) electrons. The molecular formula is C14H23N5O7S. The molecule has 0 aromatic heterocycles. The van der Waals surface area contributed by atoms with Crippen molar-refractivity contribution in [3.63, 3.8) is 0 Å². The van der Waals surface area contributed by atoms with E-state index in [0.717, 1.165) is 5.01 Å². The van der Waals surface area contributed by atoms with Crippen LogP contribution in [0.2, 0.25) is 0 Å². The van der Waals surface area contributed by atoms with Gasteiger partial charge in [0.15, 0.2) is 0 Å². The van der Waals surface area contributed by atoms with Crippen molar-refractivity contribution in [1.82, 2.24) is 25.7 Å². The standard InChI is InChI=1S/C14H23N5O7S/c1-15-9-5-8(6-9)13(21)17(2)16-12(20)11-4-3-10-7-18(11)14(22)19(10)26-27(23,24)25/h8-11,15H,3-7H2,1-2H3,(H,16,20)(H,23,24,25)/t8?,9?,10?,11-/m0/s1. The van der Waals surface area contributed by atoms with Crippen LogP contribution < -0.4 is 10.7 Å². The summed E-state index contributed by atoms with van der Waals surface area (Å²) in [4.78, 5) is 38.4. The van der Waals surface area contributed by atoms with Crippen LogP contribution in [0.1, 0.15) is 25.7 Å². The van der Waals surface area contributed by atoms with Crippen LogP contribution >= 0.6 is 0 Å². The number of nitrogens with zero attached hydrogens (tertiary/aromatic N) is 3. The molecule has 2 atom stereocenters. The van der Waals surface area contributed by atoms with E-state index in [-0.39, 0.29) is 24.8 Å². The van der Waals surface area contributed by atoms with Crippen LogP contribution in [0.4, 0.5) is 4.79 Å². The third kappa shape index (κ3) is 4.00. The number of carbonyl (C=O) groups excluding carboxylic acids is 3. The molecule has 152 valence electrons. The van der Waals surface area contributed by atoms with E-state index in [4.69, 9.17) is 4.55 Å². The molecule has 0 aromatic rings. The largest absolute Gasteiger partial charge is 0.418 e. The minimum absolute atomic E-state index is 0.0938. The fourth-order valence-electron chi connectivity index (χ4n) is 3.73. The number of carbonyl (C=O) groups is 3. The van der Waals surface area contributed by atoms with Crippen LogP contribution in [0.5, 0.6) is 0 Å². The van der Waals surface area contributed by atoms with Gasteiger partial charge in [0.05, 0.1) is 6.04 Å². The van der Waals surface area contributed by atoms with Crippen molar-refractivity contribution >= 4 is 28.2 Å². The van der Waals surface area contributed by atoms with E-state index in [1.807, 2.05) is 7.05 Å². The van der Waals surface area contributed by atoms with Crippen molar-refractivity contribution in [2.24, 2.45) is 5.92 Å². The number of amides is 4. The van der Waals surface area contributed by atoms with Gasteiger partial charge in [0, 0.05) is 25.6 Å². The molecule has 2 bridgehead atoms. The van der Waals surface area contributed by atoms with Crippen LogP contribution in [-0.4, -0.2) is 84.6 Å². The average molecular weight is 405 g/mol. The van der Waals surface area contributed by atoms with Crippen molar-refractivity contribution in [2.45, 2.75) is 43.8 Å². The Balaban J connectivity index is 1.58. The van der Waals surface area contributed by atoms with Crippen LogP contribution in [0.3, 0.4) is 0 Å². The Morgan fingerprint density at radius 2 is 1.96 bits per heavy atom. The molecular weight excluding hydrogens is 382 g/mol. The zero-order valence-electron chi connectivity index (χ0n) is 15.0. The normalized spacial score (nSPS) is 30.1. The number of hydrazine groups is 1. The first-order valence-corrected chi connectivity index (χ1v) is 9.99. The molecule has 27 heavy (non-hydrogen) atoms. The quantitative estimate of drug-likeness (QED) is 0.369. The van der Waals surface area contributed by atoms with Crippen molar-refractivity contribution in [2.75, 3.05) is 20.6 Å². The predicted molar refractivity (Wildman–Crippen MR) is 89.9 cm³/mol. The van der Waals surface area contributed by atoms with Gasteiger partial charge in [-0.2, -0.15) is 13.5 Å². The number of urea groups is 1. The van der Waals surface area contributed by atoms with E-state index in [0.29, 0.717) is 30.4 Å². The molecule has 2 aliphatic heterocycles. The first-order valence-electron chi connectivity index (χ1n) is 8.63. The molecule has 2 saturated heterocycles. The Kier molecular flexibility index (Phi) is 5.29. The van der Waals surface area contributed by atoms with Gasteiger partial charge in [-0.15, -0.1) is 4.28 Å². The Bertz CT molecular complexity index is 738. The van der Waals surface area contributed by atoms with Crippen molar-refractivity contribution in [3.05, 3.63) is 0 Å². The molecule has 0 aromatic carbocycles. The van der Waals surface area contributed by atoms with Gasteiger partial charge in [-0.05, 0) is 32.7 Å². The summed E-state index contributed by atoms with van der Waals surface area (Å²) in [6.45, 7) is 0.0938. The molecule has 3 N–H and O–H groups in total. The minimum Gasteiger partial charge on any atom is -0.317 e. The summed E-state index contributed by atoms with van der Waals surface area (Å²) >= 11 is 0. The van der Waals surface area contributed by atoms with E-state index in [1.54, 1.807) is 0 Å². The third-order valence-corrected chi connectivity index (χ3v) is 5.65. The smallest absolute Gasteiger partial charge is 0.317 e. The van der Waals surface area contributed by atoms with E-state index in [9.17, 15) is 22.8 Å². The van der Waals surface area contributed by atoms with Crippen LogP contribution in [0, 0.1) is 5.92 Å². The molecule has 12 nitrogen and oxygen atoms in total. The van der Waals surface area contributed by atoms with Gasteiger partial charge in [-0.3, -0.25) is 24.6 Å². The van der Waals surface area contributed by atoms with Gasteiger partial charge < -0.3 is 10.2 Å². The molecule has 2 heterocycles. The second-order valence-electron chi connectivity index (χ2n) is 7.04. The van der Waals surface area contributed by atoms with E-state index in [1.165, 1.54) is 11.9 Å². The Morgan fingerprint density at radius 3 is 2.56 bits per heavy atom. The SMILES string of the molecule is CNC1CC(C(=O)N(C)NC(=O)[C@@H]2CCC3CN2C(=O)N3OS(=O)(=O)O)C1. The van der Waals surface area contributed by atoms with Crippen LogP contribution in [0.25, 0.3) is 0 Å². The Hall–Kier alpha value is -1.96. The topological polar surface area (TPSA) is 149 Å². The highest BCUT2D eigenvalue weighted by Crippen LogP contribution is 2.31. The molecule has 0 spiro atoms. The van der Waals surface area contributed by atoms with Gasteiger partial charge in [-0.1, -0.05) is 0 Å². The fraction of sp³-hybridized carbons (Fsp3) is 0.786. The number of hydrogen-bond acceptors (Lipinski definition) is 7. The highest BCUT2D eigenvalue weighted by molar-refractivity contribution is 7.80. The lowest BCUT2D eigenvalue weighted by Gasteiger charge is -2.37. The summed E-state index contributed by atoms with van der Waals surface area (Å²) in [5.41, 5.74) is 2.50. The molecule has 3 rings (SSSR count). The highest BCUT2D eigenvalue weighted by atomic mass is 32.3. The Morgan fingerprint density at radius 1 is 1.30 bits per heavy atom. The first kappa shape index (κ1) is 19.8. The summed E-state index contributed by atoms with van der Waals surface area (Å²) in [6.07, 6.45) is 2.00. The predicted octanol–water partition coefficient (Wildman–Crippen LogP) is -1.52.